The number of anilines is 1. The number of nitrogens with zero attached hydrogens (tertiary/aromatic N) is 2. The van der Waals surface area contributed by atoms with Crippen LogP contribution in [0.1, 0.15) is 64.0 Å². The first kappa shape index (κ1) is 24.6. The van der Waals surface area contributed by atoms with Gasteiger partial charge < -0.3 is 19.5 Å². The number of ether oxygens (including phenoxy) is 3. The second-order valence-electron chi connectivity index (χ2n) is 8.87. The van der Waals surface area contributed by atoms with E-state index in [4.69, 9.17) is 19.2 Å². The maximum absolute atomic E-state index is 13.5. The standard InChI is InChI=1S/C28H35N3O4/c1-5-6-7-8-9-12-17-35-27(32)25-19(2)29-28-30-22-13-10-11-14-23(22)31(28)26(25)21-18-20(33-3)15-16-24(21)34-4/h10-11,13-16,18,26H,5-9,12,17H2,1-4H3,(H,29,30)/t26-/m0/s1. The van der Waals surface area contributed by atoms with Crippen molar-refractivity contribution in [2.24, 2.45) is 0 Å². The summed E-state index contributed by atoms with van der Waals surface area (Å²) in [4.78, 5) is 18.3. The lowest BCUT2D eigenvalue weighted by Gasteiger charge is -2.31. The van der Waals surface area contributed by atoms with Gasteiger partial charge in [0, 0.05) is 11.3 Å². The van der Waals surface area contributed by atoms with E-state index >= 15 is 0 Å². The van der Waals surface area contributed by atoms with Crippen LogP contribution >= 0.6 is 0 Å². The molecule has 0 radical (unpaired) electrons. The lowest BCUT2D eigenvalue weighted by atomic mass is 9.94. The summed E-state index contributed by atoms with van der Waals surface area (Å²) in [5, 5.41) is 3.33. The van der Waals surface area contributed by atoms with Crippen molar-refractivity contribution in [2.75, 3.05) is 26.1 Å². The number of aromatic nitrogens is 2. The highest BCUT2D eigenvalue weighted by molar-refractivity contribution is 5.94. The van der Waals surface area contributed by atoms with Crippen LogP contribution in [0.3, 0.4) is 0 Å². The number of fused-ring (bicyclic) bond motifs is 3. The molecule has 0 saturated heterocycles. The molecule has 1 aromatic heterocycles. The molecule has 1 N–H and O–H groups in total. The van der Waals surface area contributed by atoms with Crippen molar-refractivity contribution < 1.29 is 19.0 Å². The Hall–Kier alpha value is -3.48. The van der Waals surface area contributed by atoms with Crippen molar-refractivity contribution in [3.8, 4) is 11.5 Å². The number of carbonyl (C=O) groups excluding carboxylic acids is 1. The summed E-state index contributed by atoms with van der Waals surface area (Å²) in [6, 6.07) is 13.0. The van der Waals surface area contributed by atoms with E-state index in [1.807, 2.05) is 54.0 Å². The molecule has 0 fully saturated rings. The number of esters is 1. The molecule has 0 bridgehead atoms. The van der Waals surface area contributed by atoms with Gasteiger partial charge in [0.05, 0.1) is 43.5 Å². The molecule has 35 heavy (non-hydrogen) atoms. The molecule has 2 heterocycles. The second-order valence-corrected chi connectivity index (χ2v) is 8.87. The molecule has 186 valence electrons. The number of rotatable bonds is 11. The van der Waals surface area contributed by atoms with Crippen LogP contribution in [0.4, 0.5) is 5.95 Å². The fourth-order valence-electron chi connectivity index (χ4n) is 4.70. The predicted molar refractivity (Wildman–Crippen MR) is 138 cm³/mol. The average molecular weight is 478 g/mol. The number of nitrogens with one attached hydrogen (secondary N) is 1. The van der Waals surface area contributed by atoms with E-state index < -0.39 is 6.04 Å². The summed E-state index contributed by atoms with van der Waals surface area (Å²) < 4.78 is 19.1. The predicted octanol–water partition coefficient (Wildman–Crippen LogP) is 6.25. The fraction of sp³-hybridized carbons (Fsp3) is 0.429. The molecule has 0 amide bonds. The van der Waals surface area contributed by atoms with Gasteiger partial charge >= 0.3 is 5.97 Å². The monoisotopic (exact) mass is 477 g/mol. The van der Waals surface area contributed by atoms with E-state index in [2.05, 4.69) is 12.2 Å². The summed E-state index contributed by atoms with van der Waals surface area (Å²) in [5.41, 5.74) is 3.83. The van der Waals surface area contributed by atoms with Gasteiger partial charge in [0.2, 0.25) is 5.95 Å². The Morgan fingerprint density at radius 2 is 1.80 bits per heavy atom. The highest BCUT2D eigenvalue weighted by Gasteiger charge is 2.36. The van der Waals surface area contributed by atoms with Crippen LogP contribution in [0.15, 0.2) is 53.7 Å². The van der Waals surface area contributed by atoms with Crippen molar-refractivity contribution in [1.82, 2.24) is 9.55 Å². The lowest BCUT2D eigenvalue weighted by molar-refractivity contribution is -0.139. The number of para-hydroxylation sites is 2. The van der Waals surface area contributed by atoms with Crippen LogP contribution in [0.25, 0.3) is 11.0 Å². The van der Waals surface area contributed by atoms with Gasteiger partial charge in [-0.2, -0.15) is 0 Å². The molecule has 7 nitrogen and oxygen atoms in total. The van der Waals surface area contributed by atoms with E-state index in [1.54, 1.807) is 14.2 Å². The Bertz CT molecular complexity index is 1210. The normalized spacial score (nSPS) is 15.0. The molecular weight excluding hydrogens is 442 g/mol. The summed E-state index contributed by atoms with van der Waals surface area (Å²) in [5.74, 6) is 1.69. The smallest absolute Gasteiger partial charge is 0.338 e. The zero-order valence-electron chi connectivity index (χ0n) is 21.1. The Morgan fingerprint density at radius 1 is 1.03 bits per heavy atom. The molecular formula is C28H35N3O4. The van der Waals surface area contributed by atoms with Gasteiger partial charge in [0.1, 0.15) is 11.5 Å². The number of allylic oxidation sites excluding steroid dienone is 1. The molecule has 0 spiro atoms. The van der Waals surface area contributed by atoms with E-state index in [-0.39, 0.29) is 5.97 Å². The Balaban J connectivity index is 1.71. The first-order valence-electron chi connectivity index (χ1n) is 12.4. The van der Waals surface area contributed by atoms with Crippen LogP contribution in [0, 0.1) is 0 Å². The van der Waals surface area contributed by atoms with Crippen LogP contribution in [0.2, 0.25) is 0 Å². The Morgan fingerprint density at radius 3 is 2.57 bits per heavy atom. The van der Waals surface area contributed by atoms with Crippen LogP contribution in [-0.4, -0.2) is 36.3 Å². The molecule has 0 unspecified atom stereocenters. The van der Waals surface area contributed by atoms with Gasteiger partial charge in [0.15, 0.2) is 0 Å². The highest BCUT2D eigenvalue weighted by atomic mass is 16.5. The number of unbranched alkanes of at least 4 members (excludes halogenated alkanes) is 5. The molecule has 1 aliphatic heterocycles. The minimum atomic E-state index is -0.485. The van der Waals surface area contributed by atoms with Gasteiger partial charge in [-0.25, -0.2) is 9.78 Å². The first-order chi connectivity index (χ1) is 17.1. The SMILES string of the molecule is CCCCCCCCOC(=O)C1=C(C)Nc2nc3ccccc3n2[C@H]1c1cc(OC)ccc1OC. The average Bonchev–Trinajstić information content (AvgIpc) is 3.24. The zero-order chi connectivity index (χ0) is 24.8. The molecule has 2 aromatic carbocycles. The summed E-state index contributed by atoms with van der Waals surface area (Å²) in [6.45, 7) is 4.50. The minimum Gasteiger partial charge on any atom is -0.497 e. The van der Waals surface area contributed by atoms with E-state index in [9.17, 15) is 4.79 Å². The van der Waals surface area contributed by atoms with Crippen molar-refractivity contribution in [1.29, 1.82) is 0 Å². The number of benzene rings is 2. The van der Waals surface area contributed by atoms with Crippen molar-refractivity contribution in [2.45, 2.75) is 58.4 Å². The Labute approximate surface area is 207 Å². The topological polar surface area (TPSA) is 74.6 Å². The molecule has 1 atom stereocenters. The van der Waals surface area contributed by atoms with E-state index in [0.29, 0.717) is 29.6 Å². The maximum Gasteiger partial charge on any atom is 0.338 e. The summed E-state index contributed by atoms with van der Waals surface area (Å²) >= 11 is 0. The Kier molecular flexibility index (Phi) is 7.95. The van der Waals surface area contributed by atoms with Crippen molar-refractivity contribution >= 4 is 23.0 Å². The van der Waals surface area contributed by atoms with Crippen molar-refractivity contribution in [3.63, 3.8) is 0 Å². The van der Waals surface area contributed by atoms with Gasteiger partial charge in [-0.1, -0.05) is 51.2 Å². The summed E-state index contributed by atoms with van der Waals surface area (Å²) in [6.07, 6.45) is 6.79. The number of carbonyl (C=O) groups is 1. The molecule has 0 saturated carbocycles. The van der Waals surface area contributed by atoms with Gasteiger partial charge in [-0.05, 0) is 43.7 Å². The largest absolute Gasteiger partial charge is 0.497 e. The van der Waals surface area contributed by atoms with Gasteiger partial charge in [-0.15, -0.1) is 0 Å². The maximum atomic E-state index is 13.5. The molecule has 0 aliphatic carbocycles. The third-order valence-corrected chi connectivity index (χ3v) is 6.51. The first-order valence-corrected chi connectivity index (χ1v) is 12.4. The summed E-state index contributed by atoms with van der Waals surface area (Å²) in [7, 11) is 3.26. The van der Waals surface area contributed by atoms with E-state index in [0.717, 1.165) is 35.1 Å². The van der Waals surface area contributed by atoms with Crippen LogP contribution in [-0.2, 0) is 9.53 Å². The number of methoxy groups -OCH3 is 2. The van der Waals surface area contributed by atoms with Crippen LogP contribution < -0.4 is 14.8 Å². The van der Waals surface area contributed by atoms with Gasteiger partial charge in [0.25, 0.3) is 0 Å². The third kappa shape index (κ3) is 5.14. The fourth-order valence-corrected chi connectivity index (χ4v) is 4.70. The number of hydrogen-bond acceptors (Lipinski definition) is 6. The van der Waals surface area contributed by atoms with Gasteiger partial charge in [-0.3, -0.25) is 4.57 Å². The quantitative estimate of drug-likeness (QED) is 0.260. The molecule has 7 heteroatoms. The number of imidazole rings is 1. The second kappa shape index (κ2) is 11.3. The lowest BCUT2D eigenvalue weighted by Crippen LogP contribution is -2.29. The van der Waals surface area contributed by atoms with Crippen molar-refractivity contribution in [3.05, 3.63) is 59.3 Å². The molecule has 1 aliphatic rings. The molecule has 3 aromatic rings. The zero-order valence-corrected chi connectivity index (χ0v) is 21.1. The number of hydrogen-bond donors (Lipinski definition) is 1. The molecule has 4 rings (SSSR count). The van der Waals surface area contributed by atoms with Crippen LogP contribution in [0.5, 0.6) is 11.5 Å². The third-order valence-electron chi connectivity index (χ3n) is 6.51. The van der Waals surface area contributed by atoms with E-state index in [1.165, 1.54) is 25.7 Å². The minimum absolute atomic E-state index is 0.332. The highest BCUT2D eigenvalue weighted by Crippen LogP contribution is 2.43.